The summed E-state index contributed by atoms with van der Waals surface area (Å²) in [6.07, 6.45) is 2.81. The summed E-state index contributed by atoms with van der Waals surface area (Å²) in [6.45, 7) is 0. The van der Waals surface area contributed by atoms with Gasteiger partial charge >= 0.3 is 5.97 Å². The van der Waals surface area contributed by atoms with Crippen LogP contribution in [-0.2, 0) is 11.8 Å². The Hall–Kier alpha value is -2.03. The molecule has 17 heavy (non-hydrogen) atoms. The summed E-state index contributed by atoms with van der Waals surface area (Å²) in [5.74, 6) is -0.519. The molecule has 0 fully saturated rings. The fourth-order valence-electron chi connectivity index (χ4n) is 0.980. The summed E-state index contributed by atoms with van der Waals surface area (Å²) in [5, 5.41) is 12.2. The van der Waals surface area contributed by atoms with Crippen molar-refractivity contribution in [3.05, 3.63) is 18.1 Å². The van der Waals surface area contributed by atoms with Crippen LogP contribution in [0.4, 0.5) is 0 Å². The van der Waals surface area contributed by atoms with Gasteiger partial charge in [-0.2, -0.15) is 0 Å². The lowest BCUT2D eigenvalue weighted by Gasteiger charge is -1.99. The molecule has 0 saturated carbocycles. The Morgan fingerprint density at radius 2 is 2.24 bits per heavy atom. The number of hydrogen-bond acceptors (Lipinski definition) is 8. The smallest absolute Gasteiger partial charge is 0.358 e. The second kappa shape index (κ2) is 4.87. The maximum Gasteiger partial charge on any atom is 0.358 e. The van der Waals surface area contributed by atoms with Crippen molar-refractivity contribution in [1.29, 1.82) is 0 Å². The summed E-state index contributed by atoms with van der Waals surface area (Å²) in [4.78, 5) is 19.1. The monoisotopic (exact) mass is 252 g/mol. The van der Waals surface area contributed by atoms with E-state index in [0.717, 1.165) is 0 Å². The third-order valence-electron chi connectivity index (χ3n) is 1.80. The Morgan fingerprint density at radius 3 is 2.76 bits per heavy atom. The van der Waals surface area contributed by atoms with Gasteiger partial charge in [0.2, 0.25) is 5.16 Å². The Bertz CT molecular complexity index is 525. The van der Waals surface area contributed by atoms with Crippen molar-refractivity contribution in [1.82, 2.24) is 30.2 Å². The van der Waals surface area contributed by atoms with E-state index in [0.29, 0.717) is 10.2 Å². The highest BCUT2D eigenvalue weighted by Crippen LogP contribution is 2.21. The zero-order valence-electron chi connectivity index (χ0n) is 9.06. The van der Waals surface area contributed by atoms with E-state index < -0.39 is 5.97 Å². The maximum atomic E-state index is 11.1. The molecule has 2 heterocycles. The molecule has 0 bridgehead atoms. The predicted octanol–water partition coefficient (Wildman–Crippen LogP) is -0.0621. The Kier molecular flexibility index (Phi) is 3.28. The van der Waals surface area contributed by atoms with Gasteiger partial charge in [0.15, 0.2) is 5.69 Å². The number of hydrogen-bond donors (Lipinski definition) is 0. The normalized spacial score (nSPS) is 10.2. The lowest BCUT2D eigenvalue weighted by atomic mass is 10.5. The first-order valence-electron chi connectivity index (χ1n) is 4.51. The van der Waals surface area contributed by atoms with Gasteiger partial charge in [0.25, 0.3) is 0 Å². The third-order valence-corrected chi connectivity index (χ3v) is 2.75. The highest BCUT2D eigenvalue weighted by atomic mass is 32.2. The Morgan fingerprint density at radius 1 is 1.41 bits per heavy atom. The molecule has 0 aliphatic heterocycles. The number of ether oxygens (including phenoxy) is 1. The molecule has 88 valence electrons. The molecule has 0 aromatic carbocycles. The number of carbonyl (C=O) groups excluding carboxylic acids is 1. The predicted molar refractivity (Wildman–Crippen MR) is 56.3 cm³/mol. The van der Waals surface area contributed by atoms with E-state index in [1.807, 2.05) is 0 Å². The Labute approximate surface area is 100 Å². The van der Waals surface area contributed by atoms with Crippen LogP contribution < -0.4 is 0 Å². The molecule has 0 amide bonds. The molecule has 0 atom stereocenters. The first-order chi connectivity index (χ1) is 8.20. The molecule has 9 heteroatoms. The molecule has 0 spiro atoms. The Balaban J connectivity index is 2.14. The van der Waals surface area contributed by atoms with Gasteiger partial charge in [0.05, 0.1) is 19.5 Å². The molecule has 0 radical (unpaired) electrons. The largest absolute Gasteiger partial charge is 0.464 e. The lowest BCUT2D eigenvalue weighted by molar-refractivity contribution is 0.0593. The van der Waals surface area contributed by atoms with Crippen LogP contribution in [0.15, 0.2) is 22.6 Å². The van der Waals surface area contributed by atoms with Gasteiger partial charge in [0, 0.05) is 7.05 Å². The average Bonchev–Trinajstić information content (AvgIpc) is 2.75. The number of esters is 1. The van der Waals surface area contributed by atoms with E-state index >= 15 is 0 Å². The van der Waals surface area contributed by atoms with Crippen molar-refractivity contribution in [2.75, 3.05) is 7.11 Å². The van der Waals surface area contributed by atoms with E-state index in [2.05, 4.69) is 30.2 Å². The van der Waals surface area contributed by atoms with Crippen LogP contribution in [0.3, 0.4) is 0 Å². The van der Waals surface area contributed by atoms with Gasteiger partial charge < -0.3 is 4.74 Å². The second-order valence-corrected chi connectivity index (χ2v) is 3.91. The fourth-order valence-corrected chi connectivity index (χ4v) is 1.62. The van der Waals surface area contributed by atoms with Crippen LogP contribution in [0.25, 0.3) is 0 Å². The van der Waals surface area contributed by atoms with Crippen molar-refractivity contribution in [3.63, 3.8) is 0 Å². The zero-order valence-corrected chi connectivity index (χ0v) is 9.88. The van der Waals surface area contributed by atoms with Crippen molar-refractivity contribution < 1.29 is 9.53 Å². The van der Waals surface area contributed by atoms with Crippen LogP contribution in [-0.4, -0.2) is 43.3 Å². The minimum absolute atomic E-state index is 0.160. The molecule has 2 rings (SSSR count). The number of rotatable bonds is 3. The fraction of sp³-hybridized carbons (Fsp3) is 0.250. The molecular weight excluding hydrogens is 244 g/mol. The van der Waals surface area contributed by atoms with Gasteiger partial charge in [-0.15, -0.1) is 5.10 Å². The van der Waals surface area contributed by atoms with E-state index in [1.165, 1.54) is 35.9 Å². The van der Waals surface area contributed by atoms with E-state index in [4.69, 9.17) is 0 Å². The number of carbonyl (C=O) groups is 1. The average molecular weight is 252 g/mol. The van der Waals surface area contributed by atoms with Crippen molar-refractivity contribution in [2.45, 2.75) is 10.2 Å². The van der Waals surface area contributed by atoms with Crippen LogP contribution in [0.2, 0.25) is 0 Å². The first kappa shape index (κ1) is 11.5. The van der Waals surface area contributed by atoms with Crippen LogP contribution in [0.1, 0.15) is 10.5 Å². The minimum Gasteiger partial charge on any atom is -0.464 e. The number of methoxy groups -OCH3 is 1. The van der Waals surface area contributed by atoms with Gasteiger partial charge in [-0.05, 0) is 22.2 Å². The van der Waals surface area contributed by atoms with Crippen molar-refractivity contribution in [3.8, 4) is 0 Å². The molecule has 0 aliphatic carbocycles. The molecule has 0 aliphatic rings. The number of aromatic nitrogens is 6. The van der Waals surface area contributed by atoms with Crippen LogP contribution in [0, 0.1) is 0 Å². The van der Waals surface area contributed by atoms with Crippen molar-refractivity contribution >= 4 is 17.7 Å². The number of aryl methyl sites for hydroxylation is 1. The topological polar surface area (TPSA) is 95.7 Å². The van der Waals surface area contributed by atoms with Gasteiger partial charge in [0.1, 0.15) is 5.03 Å². The molecule has 2 aromatic rings. The quantitative estimate of drug-likeness (QED) is 0.701. The van der Waals surface area contributed by atoms with E-state index in [-0.39, 0.29) is 5.69 Å². The molecule has 0 N–H and O–H groups in total. The summed E-state index contributed by atoms with van der Waals surface area (Å²) in [5.41, 5.74) is 0.160. The molecular formula is C8H8N6O2S. The highest BCUT2D eigenvalue weighted by molar-refractivity contribution is 7.99. The maximum absolute atomic E-state index is 11.1. The van der Waals surface area contributed by atoms with Gasteiger partial charge in [-0.1, -0.05) is 0 Å². The molecule has 8 nitrogen and oxygen atoms in total. The molecule has 0 saturated heterocycles. The number of nitrogens with zero attached hydrogens (tertiary/aromatic N) is 6. The third kappa shape index (κ3) is 2.56. The van der Waals surface area contributed by atoms with E-state index in [9.17, 15) is 4.79 Å². The standard InChI is InChI=1S/C8H8N6O2S/c1-14-8(11-12-13-14)17-6-4-9-5(3-10-6)7(15)16-2/h3-4H,1-2H3. The zero-order chi connectivity index (χ0) is 12.3. The SMILES string of the molecule is COC(=O)c1cnc(Sc2nnnn2C)cn1. The minimum atomic E-state index is -0.519. The van der Waals surface area contributed by atoms with Crippen molar-refractivity contribution in [2.24, 2.45) is 7.05 Å². The molecule has 0 unspecified atom stereocenters. The van der Waals surface area contributed by atoms with Crippen LogP contribution in [0.5, 0.6) is 0 Å². The lowest BCUT2D eigenvalue weighted by Crippen LogP contribution is -2.04. The first-order valence-corrected chi connectivity index (χ1v) is 5.33. The summed E-state index contributed by atoms with van der Waals surface area (Å²) < 4.78 is 6.03. The molecule has 2 aromatic heterocycles. The van der Waals surface area contributed by atoms with Gasteiger partial charge in [-0.25, -0.2) is 19.4 Å². The second-order valence-electron chi connectivity index (χ2n) is 2.92. The van der Waals surface area contributed by atoms with E-state index in [1.54, 1.807) is 7.05 Å². The van der Waals surface area contributed by atoms with Crippen LogP contribution >= 0.6 is 11.8 Å². The summed E-state index contributed by atoms with van der Waals surface area (Å²) in [7, 11) is 3.01. The number of tetrazole rings is 1. The highest BCUT2D eigenvalue weighted by Gasteiger charge is 2.10. The van der Waals surface area contributed by atoms with Gasteiger partial charge in [-0.3, -0.25) is 0 Å². The summed E-state index contributed by atoms with van der Waals surface area (Å²) in [6, 6.07) is 0. The summed E-state index contributed by atoms with van der Waals surface area (Å²) >= 11 is 1.25.